The van der Waals surface area contributed by atoms with Crippen LogP contribution in [0.3, 0.4) is 0 Å². The molecule has 3 nitrogen and oxygen atoms in total. The smallest absolute Gasteiger partial charge is 0.123 e. The van der Waals surface area contributed by atoms with Gasteiger partial charge in [0.05, 0.1) is 6.54 Å². The summed E-state index contributed by atoms with van der Waals surface area (Å²) in [4.78, 5) is 4.43. The Morgan fingerprint density at radius 2 is 1.83 bits per heavy atom. The van der Waals surface area contributed by atoms with E-state index in [9.17, 15) is 4.39 Å². The number of rotatable bonds is 6. The van der Waals surface area contributed by atoms with Crippen molar-refractivity contribution < 1.29 is 4.39 Å². The summed E-state index contributed by atoms with van der Waals surface area (Å²) in [6.45, 7) is 7.92. The molecule has 0 unspecified atom stereocenters. The molecule has 0 aromatic heterocycles. The standard InChI is InChI=1S/C20H24FN3/c1-16-4-5-18(17-6-8-19(21)9-7-17)14-24(16)15-20(22)10-13-23-11-2-3-12-23/h4-9,14,22H,1-3,10-13,15H2. The summed E-state index contributed by atoms with van der Waals surface area (Å²) in [7, 11) is 0. The summed E-state index contributed by atoms with van der Waals surface area (Å²) in [5.41, 5.74) is 3.57. The molecule has 0 saturated carbocycles. The highest BCUT2D eigenvalue weighted by atomic mass is 19.1. The predicted octanol–water partition coefficient (Wildman–Crippen LogP) is 4.06. The number of likely N-dealkylation sites (tertiary alicyclic amines) is 1. The van der Waals surface area contributed by atoms with Gasteiger partial charge in [0, 0.05) is 24.2 Å². The number of nitrogens with zero attached hydrogens (tertiary/aromatic N) is 2. The first-order valence-electron chi connectivity index (χ1n) is 8.52. The van der Waals surface area contributed by atoms with Crippen molar-refractivity contribution in [2.45, 2.75) is 19.3 Å². The Morgan fingerprint density at radius 3 is 2.54 bits per heavy atom. The molecule has 2 heterocycles. The minimum absolute atomic E-state index is 0.232. The Morgan fingerprint density at radius 1 is 1.12 bits per heavy atom. The maximum absolute atomic E-state index is 13.1. The second kappa shape index (κ2) is 7.58. The van der Waals surface area contributed by atoms with Crippen LogP contribution in [0.4, 0.5) is 4.39 Å². The first kappa shape index (κ1) is 16.7. The number of halogens is 1. The van der Waals surface area contributed by atoms with Gasteiger partial charge in [-0.1, -0.05) is 24.8 Å². The van der Waals surface area contributed by atoms with E-state index < -0.39 is 0 Å². The van der Waals surface area contributed by atoms with E-state index in [-0.39, 0.29) is 5.82 Å². The lowest BCUT2D eigenvalue weighted by Crippen LogP contribution is -2.28. The van der Waals surface area contributed by atoms with Gasteiger partial charge in [-0.05, 0) is 61.7 Å². The summed E-state index contributed by atoms with van der Waals surface area (Å²) < 4.78 is 13.1. The van der Waals surface area contributed by atoms with Crippen LogP contribution in [-0.2, 0) is 0 Å². The van der Waals surface area contributed by atoms with Crippen LogP contribution < -0.4 is 0 Å². The van der Waals surface area contributed by atoms with E-state index in [1.165, 1.54) is 38.1 Å². The number of allylic oxidation sites excluding steroid dienone is 3. The molecule has 0 amide bonds. The van der Waals surface area contributed by atoms with Crippen LogP contribution in [0.1, 0.15) is 24.8 Å². The molecule has 126 valence electrons. The lowest BCUT2D eigenvalue weighted by molar-refractivity contribution is 0.348. The highest BCUT2D eigenvalue weighted by molar-refractivity contribution is 5.85. The summed E-state index contributed by atoms with van der Waals surface area (Å²) in [5.74, 6) is -0.232. The molecule has 1 N–H and O–H groups in total. The SMILES string of the molecule is C=C1C=CC(c2ccc(F)cc2)=CN1CC(=N)CCN1CCCC1. The average Bonchev–Trinajstić information content (AvgIpc) is 3.09. The Bertz CT molecular complexity index is 667. The van der Waals surface area contributed by atoms with Gasteiger partial charge in [0.15, 0.2) is 0 Å². The highest BCUT2D eigenvalue weighted by Crippen LogP contribution is 2.24. The molecule has 0 spiro atoms. The van der Waals surface area contributed by atoms with Crippen LogP contribution >= 0.6 is 0 Å². The largest absolute Gasteiger partial charge is 0.342 e. The minimum atomic E-state index is -0.232. The van der Waals surface area contributed by atoms with Gasteiger partial charge in [-0.2, -0.15) is 0 Å². The van der Waals surface area contributed by atoms with Crippen molar-refractivity contribution in [3.63, 3.8) is 0 Å². The average molecular weight is 325 g/mol. The van der Waals surface area contributed by atoms with E-state index in [2.05, 4.69) is 11.5 Å². The van der Waals surface area contributed by atoms with Gasteiger partial charge in [0.2, 0.25) is 0 Å². The predicted molar refractivity (Wildman–Crippen MR) is 97.4 cm³/mol. The van der Waals surface area contributed by atoms with Gasteiger partial charge in [-0.3, -0.25) is 0 Å². The van der Waals surface area contributed by atoms with Crippen LogP contribution in [0.25, 0.3) is 5.57 Å². The van der Waals surface area contributed by atoms with Gasteiger partial charge in [0.25, 0.3) is 0 Å². The highest BCUT2D eigenvalue weighted by Gasteiger charge is 2.15. The van der Waals surface area contributed by atoms with Gasteiger partial charge < -0.3 is 15.2 Å². The second-order valence-electron chi connectivity index (χ2n) is 6.45. The zero-order valence-corrected chi connectivity index (χ0v) is 14.0. The molecule has 1 aromatic carbocycles. The van der Waals surface area contributed by atoms with Crippen LogP contribution in [0.2, 0.25) is 0 Å². The molecule has 2 aliphatic heterocycles. The van der Waals surface area contributed by atoms with Gasteiger partial charge in [-0.25, -0.2) is 4.39 Å². The Labute approximate surface area is 143 Å². The van der Waals surface area contributed by atoms with Crippen LogP contribution in [-0.4, -0.2) is 41.7 Å². The molecular weight excluding hydrogens is 301 g/mol. The van der Waals surface area contributed by atoms with Crippen LogP contribution in [0.15, 0.2) is 54.9 Å². The lowest BCUT2D eigenvalue weighted by atomic mass is 10.0. The number of hydrogen-bond donors (Lipinski definition) is 1. The molecule has 0 bridgehead atoms. The van der Waals surface area contributed by atoms with Crippen molar-refractivity contribution in [2.24, 2.45) is 0 Å². The molecule has 1 saturated heterocycles. The molecule has 24 heavy (non-hydrogen) atoms. The third kappa shape index (κ3) is 4.20. The van der Waals surface area contributed by atoms with Crippen molar-refractivity contribution in [3.8, 4) is 0 Å². The van der Waals surface area contributed by atoms with Gasteiger partial charge in [0.1, 0.15) is 5.82 Å². The van der Waals surface area contributed by atoms with E-state index in [0.717, 1.165) is 29.8 Å². The molecule has 0 aliphatic carbocycles. The number of hydrogen-bond acceptors (Lipinski definition) is 3. The van der Waals surface area contributed by atoms with E-state index in [4.69, 9.17) is 5.41 Å². The third-order valence-corrected chi connectivity index (χ3v) is 4.59. The van der Waals surface area contributed by atoms with Gasteiger partial charge in [-0.15, -0.1) is 0 Å². The third-order valence-electron chi connectivity index (χ3n) is 4.59. The molecule has 2 aliphatic rings. The lowest BCUT2D eigenvalue weighted by Gasteiger charge is -2.26. The maximum Gasteiger partial charge on any atom is 0.123 e. The van der Waals surface area contributed by atoms with Crippen LogP contribution in [0, 0.1) is 11.2 Å². The summed E-state index contributed by atoms with van der Waals surface area (Å²) in [6.07, 6.45) is 9.30. The maximum atomic E-state index is 13.1. The first-order chi connectivity index (χ1) is 11.6. The molecule has 0 radical (unpaired) electrons. The molecule has 3 rings (SSSR count). The second-order valence-corrected chi connectivity index (χ2v) is 6.45. The fraction of sp³-hybridized carbons (Fsp3) is 0.350. The Kier molecular flexibility index (Phi) is 5.26. The fourth-order valence-electron chi connectivity index (χ4n) is 3.12. The van der Waals surface area contributed by atoms with Crippen molar-refractivity contribution >= 4 is 11.3 Å². The normalized spacial score (nSPS) is 18.1. The summed E-state index contributed by atoms with van der Waals surface area (Å²) in [5, 5.41) is 8.27. The fourth-order valence-corrected chi connectivity index (χ4v) is 3.12. The first-order valence-corrected chi connectivity index (χ1v) is 8.52. The molecule has 1 fully saturated rings. The molecule has 0 atom stereocenters. The molecular formula is C20H24FN3. The Hall–Kier alpha value is -2.20. The number of nitrogens with one attached hydrogen (secondary N) is 1. The topological polar surface area (TPSA) is 30.3 Å². The molecule has 1 aromatic rings. The van der Waals surface area contributed by atoms with Crippen LogP contribution in [0.5, 0.6) is 0 Å². The zero-order valence-electron chi connectivity index (χ0n) is 14.0. The van der Waals surface area contributed by atoms with E-state index in [1.54, 1.807) is 12.1 Å². The summed E-state index contributed by atoms with van der Waals surface area (Å²) in [6, 6.07) is 6.48. The molecule has 4 heteroatoms. The van der Waals surface area contributed by atoms with Crippen molar-refractivity contribution in [1.82, 2.24) is 9.80 Å². The van der Waals surface area contributed by atoms with E-state index in [0.29, 0.717) is 12.3 Å². The zero-order chi connectivity index (χ0) is 16.9. The summed E-state index contributed by atoms with van der Waals surface area (Å²) >= 11 is 0. The van der Waals surface area contributed by atoms with Crippen molar-refractivity contribution in [2.75, 3.05) is 26.2 Å². The van der Waals surface area contributed by atoms with E-state index in [1.807, 2.05) is 23.3 Å². The monoisotopic (exact) mass is 325 g/mol. The van der Waals surface area contributed by atoms with E-state index >= 15 is 0 Å². The number of benzene rings is 1. The quantitative estimate of drug-likeness (QED) is 0.800. The van der Waals surface area contributed by atoms with Crippen molar-refractivity contribution in [3.05, 3.63) is 66.3 Å². The van der Waals surface area contributed by atoms with Gasteiger partial charge >= 0.3 is 0 Å². The van der Waals surface area contributed by atoms with Crippen molar-refractivity contribution in [1.29, 1.82) is 5.41 Å². The minimum Gasteiger partial charge on any atom is -0.342 e. The Balaban J connectivity index is 1.61.